The molecule has 0 fully saturated rings. The lowest BCUT2D eigenvalue weighted by atomic mass is 10.0. The minimum atomic E-state index is 0.160. The fourth-order valence-electron chi connectivity index (χ4n) is 1.81. The van der Waals surface area contributed by atoms with Crippen LogP contribution in [0.5, 0.6) is 0 Å². The first-order valence-electron chi connectivity index (χ1n) is 6.00. The molecule has 1 unspecified atom stereocenters. The van der Waals surface area contributed by atoms with Gasteiger partial charge in [-0.2, -0.15) is 4.98 Å². The summed E-state index contributed by atoms with van der Waals surface area (Å²) < 4.78 is 2.64. The van der Waals surface area contributed by atoms with Crippen molar-refractivity contribution in [1.29, 1.82) is 0 Å². The van der Waals surface area contributed by atoms with Crippen LogP contribution in [0, 0.1) is 5.92 Å². The third-order valence-electron chi connectivity index (χ3n) is 2.87. The zero-order chi connectivity index (χ0) is 13.1. The van der Waals surface area contributed by atoms with Crippen LogP contribution in [0.3, 0.4) is 0 Å². The average Bonchev–Trinajstić information content (AvgIpc) is 2.72. The maximum atomic E-state index is 9.05. The van der Waals surface area contributed by atoms with Crippen molar-refractivity contribution in [3.8, 4) is 0 Å². The first kappa shape index (κ1) is 13.3. The maximum Gasteiger partial charge on any atom is 0.243 e. The van der Waals surface area contributed by atoms with Crippen LogP contribution in [0.4, 0.5) is 5.95 Å². The summed E-state index contributed by atoms with van der Waals surface area (Å²) >= 11 is 3.44. The van der Waals surface area contributed by atoms with E-state index in [1.807, 2.05) is 18.3 Å². The Morgan fingerprint density at radius 2 is 2.28 bits per heavy atom. The molecule has 0 aliphatic rings. The highest BCUT2D eigenvalue weighted by atomic mass is 79.9. The van der Waals surface area contributed by atoms with Crippen LogP contribution in [-0.4, -0.2) is 32.4 Å². The monoisotopic (exact) mass is 312 g/mol. The standard InChI is InChI=1S/C12H17BrN4O/c1-8(2)10(5-7-18)14-12-15-11-9(13)4-3-6-17(11)16-12/h3-4,6,8,10,18H,5,7H2,1-2H3,(H,14,16). The van der Waals surface area contributed by atoms with Crippen molar-refractivity contribution in [3.63, 3.8) is 0 Å². The summed E-state index contributed by atoms with van der Waals surface area (Å²) in [6.07, 6.45) is 2.54. The zero-order valence-electron chi connectivity index (χ0n) is 10.5. The number of fused-ring (bicyclic) bond motifs is 1. The van der Waals surface area contributed by atoms with Crippen LogP contribution in [0.1, 0.15) is 20.3 Å². The van der Waals surface area contributed by atoms with Gasteiger partial charge in [0.1, 0.15) is 0 Å². The van der Waals surface area contributed by atoms with Crippen molar-refractivity contribution >= 4 is 27.5 Å². The van der Waals surface area contributed by atoms with Gasteiger partial charge in [-0.15, -0.1) is 5.10 Å². The molecule has 0 saturated heterocycles. The third kappa shape index (κ3) is 2.81. The normalized spacial score (nSPS) is 13.2. The molecule has 0 aliphatic carbocycles. The SMILES string of the molecule is CC(C)C(CCO)Nc1nc2c(Br)cccn2n1. The Morgan fingerprint density at radius 3 is 2.89 bits per heavy atom. The van der Waals surface area contributed by atoms with E-state index >= 15 is 0 Å². The lowest BCUT2D eigenvalue weighted by Gasteiger charge is -2.20. The Bertz CT molecular complexity index is 526. The van der Waals surface area contributed by atoms with Gasteiger partial charge in [0.15, 0.2) is 5.65 Å². The number of nitrogens with one attached hydrogen (secondary N) is 1. The molecule has 2 heterocycles. The summed E-state index contributed by atoms with van der Waals surface area (Å²) in [5.74, 6) is 1.00. The lowest BCUT2D eigenvalue weighted by molar-refractivity contribution is 0.267. The molecule has 0 aliphatic heterocycles. The van der Waals surface area contributed by atoms with E-state index in [1.165, 1.54) is 0 Å². The molecule has 0 amide bonds. The summed E-state index contributed by atoms with van der Waals surface area (Å²) in [7, 11) is 0. The number of halogens is 1. The number of pyridine rings is 1. The Morgan fingerprint density at radius 1 is 1.50 bits per heavy atom. The molecule has 2 aromatic rings. The van der Waals surface area contributed by atoms with Crippen LogP contribution in [-0.2, 0) is 0 Å². The molecule has 0 saturated carbocycles. The van der Waals surface area contributed by atoms with Gasteiger partial charge in [-0.05, 0) is 40.4 Å². The summed E-state index contributed by atoms with van der Waals surface area (Å²) in [5.41, 5.74) is 0.784. The van der Waals surface area contributed by atoms with E-state index in [2.05, 4.69) is 45.2 Å². The molecule has 0 aromatic carbocycles. The van der Waals surface area contributed by atoms with Gasteiger partial charge in [-0.25, -0.2) is 4.52 Å². The number of aliphatic hydroxyl groups is 1. The van der Waals surface area contributed by atoms with E-state index in [1.54, 1.807) is 4.52 Å². The van der Waals surface area contributed by atoms with E-state index in [0.29, 0.717) is 18.3 Å². The van der Waals surface area contributed by atoms with Crippen molar-refractivity contribution in [2.45, 2.75) is 26.3 Å². The Hall–Kier alpha value is -1.14. The predicted molar refractivity (Wildman–Crippen MR) is 74.6 cm³/mol. The first-order chi connectivity index (χ1) is 8.61. The minimum absolute atomic E-state index is 0.160. The van der Waals surface area contributed by atoms with Crippen LogP contribution >= 0.6 is 15.9 Å². The Balaban J connectivity index is 2.23. The molecular formula is C12H17BrN4O. The van der Waals surface area contributed by atoms with Gasteiger partial charge in [0.25, 0.3) is 0 Å². The smallest absolute Gasteiger partial charge is 0.243 e. The van der Waals surface area contributed by atoms with Crippen LogP contribution in [0.25, 0.3) is 5.65 Å². The summed E-state index contributed by atoms with van der Waals surface area (Å²) in [5, 5.41) is 16.7. The number of nitrogens with zero attached hydrogens (tertiary/aromatic N) is 3. The molecule has 6 heteroatoms. The molecule has 0 radical (unpaired) electrons. The van der Waals surface area contributed by atoms with Crippen molar-refractivity contribution < 1.29 is 5.11 Å². The second-order valence-corrected chi connectivity index (χ2v) is 5.42. The number of aliphatic hydroxyl groups excluding tert-OH is 1. The molecule has 18 heavy (non-hydrogen) atoms. The summed E-state index contributed by atoms with van der Waals surface area (Å²) in [6.45, 7) is 4.38. The third-order valence-corrected chi connectivity index (χ3v) is 3.49. The van der Waals surface area contributed by atoms with Crippen LogP contribution in [0.2, 0.25) is 0 Å². The van der Waals surface area contributed by atoms with Crippen molar-refractivity contribution in [2.75, 3.05) is 11.9 Å². The highest BCUT2D eigenvalue weighted by Gasteiger charge is 2.15. The van der Waals surface area contributed by atoms with Crippen LogP contribution in [0.15, 0.2) is 22.8 Å². The zero-order valence-corrected chi connectivity index (χ0v) is 12.1. The number of hydrogen-bond donors (Lipinski definition) is 2. The fraction of sp³-hybridized carbons (Fsp3) is 0.500. The van der Waals surface area contributed by atoms with E-state index in [-0.39, 0.29) is 12.6 Å². The molecule has 98 valence electrons. The van der Waals surface area contributed by atoms with Gasteiger partial charge in [-0.3, -0.25) is 0 Å². The highest BCUT2D eigenvalue weighted by molar-refractivity contribution is 9.10. The van der Waals surface area contributed by atoms with Crippen molar-refractivity contribution in [3.05, 3.63) is 22.8 Å². The average molecular weight is 313 g/mol. The summed E-state index contributed by atoms with van der Waals surface area (Å²) in [4.78, 5) is 4.43. The molecule has 2 aromatic heterocycles. The number of rotatable bonds is 5. The largest absolute Gasteiger partial charge is 0.396 e. The highest BCUT2D eigenvalue weighted by Crippen LogP contribution is 2.18. The fourth-order valence-corrected chi connectivity index (χ4v) is 2.23. The van der Waals surface area contributed by atoms with Gasteiger partial charge >= 0.3 is 0 Å². The second-order valence-electron chi connectivity index (χ2n) is 4.57. The maximum absolute atomic E-state index is 9.05. The molecule has 0 bridgehead atoms. The molecule has 2 rings (SSSR count). The van der Waals surface area contributed by atoms with Gasteiger partial charge in [0, 0.05) is 18.8 Å². The van der Waals surface area contributed by atoms with Crippen molar-refractivity contribution in [1.82, 2.24) is 14.6 Å². The Labute approximate surface area is 114 Å². The number of aromatic nitrogens is 3. The first-order valence-corrected chi connectivity index (χ1v) is 6.79. The minimum Gasteiger partial charge on any atom is -0.396 e. The van der Waals surface area contributed by atoms with E-state index in [0.717, 1.165) is 10.1 Å². The summed E-state index contributed by atoms with van der Waals surface area (Å²) in [6, 6.07) is 4.01. The van der Waals surface area contributed by atoms with Gasteiger partial charge in [0.05, 0.1) is 4.47 Å². The predicted octanol–water partition coefficient (Wildman–Crippen LogP) is 2.31. The quantitative estimate of drug-likeness (QED) is 0.889. The van der Waals surface area contributed by atoms with E-state index in [4.69, 9.17) is 5.11 Å². The molecule has 0 spiro atoms. The van der Waals surface area contributed by atoms with E-state index in [9.17, 15) is 0 Å². The van der Waals surface area contributed by atoms with E-state index < -0.39 is 0 Å². The lowest BCUT2D eigenvalue weighted by Crippen LogP contribution is -2.27. The second kappa shape index (κ2) is 5.67. The number of anilines is 1. The van der Waals surface area contributed by atoms with Crippen molar-refractivity contribution in [2.24, 2.45) is 5.92 Å². The topological polar surface area (TPSA) is 62.5 Å². The van der Waals surface area contributed by atoms with Crippen LogP contribution < -0.4 is 5.32 Å². The van der Waals surface area contributed by atoms with Gasteiger partial charge in [-0.1, -0.05) is 13.8 Å². The molecule has 2 N–H and O–H groups in total. The molecule has 5 nitrogen and oxygen atoms in total. The van der Waals surface area contributed by atoms with Gasteiger partial charge < -0.3 is 10.4 Å². The molecular weight excluding hydrogens is 296 g/mol. The Kier molecular flexibility index (Phi) is 4.19. The molecule has 1 atom stereocenters. The number of hydrogen-bond acceptors (Lipinski definition) is 4. The van der Waals surface area contributed by atoms with Gasteiger partial charge in [0.2, 0.25) is 5.95 Å².